The first-order valence-corrected chi connectivity index (χ1v) is 6.42. The van der Waals surface area contributed by atoms with E-state index in [0.717, 1.165) is 0 Å². The van der Waals surface area contributed by atoms with Crippen molar-refractivity contribution in [1.29, 1.82) is 0 Å². The maximum absolute atomic E-state index is 14.0. The number of rotatable bonds is 3. The number of halogens is 2. The molecule has 0 aliphatic rings. The van der Waals surface area contributed by atoms with E-state index >= 15 is 0 Å². The summed E-state index contributed by atoms with van der Waals surface area (Å²) in [7, 11) is 0. The lowest BCUT2D eigenvalue weighted by Gasteiger charge is -2.06. The highest BCUT2D eigenvalue weighted by atomic mass is 35.5. The van der Waals surface area contributed by atoms with Crippen molar-refractivity contribution >= 4 is 28.7 Å². The number of aliphatic carboxylic acids is 1. The predicted octanol–water partition coefficient (Wildman–Crippen LogP) is 2.98. The molecule has 0 saturated carbocycles. The van der Waals surface area contributed by atoms with E-state index in [4.69, 9.17) is 16.7 Å². The lowest BCUT2D eigenvalue weighted by Crippen LogP contribution is -2.11. The molecule has 2 heterocycles. The van der Waals surface area contributed by atoms with Crippen LogP contribution in [0.5, 0.6) is 0 Å². The number of benzene rings is 1. The number of carboxylic acid groups (broad SMARTS) is 1. The molecule has 1 N–H and O–H groups in total. The van der Waals surface area contributed by atoms with Gasteiger partial charge in [-0.1, -0.05) is 23.7 Å². The van der Waals surface area contributed by atoms with Gasteiger partial charge in [0, 0.05) is 6.20 Å². The van der Waals surface area contributed by atoms with Crippen molar-refractivity contribution in [2.75, 3.05) is 0 Å². The third kappa shape index (κ3) is 2.45. The maximum atomic E-state index is 14.0. The fourth-order valence-corrected chi connectivity index (χ4v) is 2.27. The van der Waals surface area contributed by atoms with Crippen LogP contribution in [0.1, 0.15) is 0 Å². The zero-order valence-electron chi connectivity index (χ0n) is 10.6. The van der Waals surface area contributed by atoms with Crippen molar-refractivity contribution < 1.29 is 14.3 Å². The number of hydrogen-bond acceptors (Lipinski definition) is 3. The molecule has 0 spiro atoms. The number of carboxylic acids is 1. The van der Waals surface area contributed by atoms with E-state index in [-0.39, 0.29) is 17.9 Å². The summed E-state index contributed by atoms with van der Waals surface area (Å²) < 4.78 is 15.3. The Morgan fingerprint density at radius 1 is 1.38 bits per heavy atom. The van der Waals surface area contributed by atoms with E-state index in [1.165, 1.54) is 22.9 Å². The molecule has 5 nitrogen and oxygen atoms in total. The van der Waals surface area contributed by atoms with Crippen LogP contribution in [0.3, 0.4) is 0 Å². The van der Waals surface area contributed by atoms with E-state index in [1.54, 1.807) is 18.2 Å². The lowest BCUT2D eigenvalue weighted by atomic mass is 10.2. The summed E-state index contributed by atoms with van der Waals surface area (Å²) in [5.74, 6) is -1.34. The van der Waals surface area contributed by atoms with Crippen LogP contribution < -0.4 is 0 Å². The standard InChI is InChI=1S/C14H9ClFN3O2/c15-8-5-11-14(17-6-8)19(7-12(20)21)13(18-11)9-3-1-2-4-10(9)16/h1-6H,7H2,(H,20,21). The normalized spacial score (nSPS) is 11.0. The zero-order chi connectivity index (χ0) is 15.0. The van der Waals surface area contributed by atoms with Crippen molar-refractivity contribution in [3.8, 4) is 11.4 Å². The van der Waals surface area contributed by atoms with Crippen LogP contribution in [-0.4, -0.2) is 25.6 Å². The van der Waals surface area contributed by atoms with E-state index in [1.807, 2.05) is 0 Å². The van der Waals surface area contributed by atoms with Crippen molar-refractivity contribution in [3.05, 3.63) is 47.4 Å². The Hall–Kier alpha value is -2.47. The Bertz CT molecular complexity index is 847. The SMILES string of the molecule is O=C(O)Cn1c(-c2ccccc2F)nc2cc(Cl)cnc21. The van der Waals surface area contributed by atoms with E-state index in [0.29, 0.717) is 16.2 Å². The second-order valence-corrected chi connectivity index (χ2v) is 4.83. The topological polar surface area (TPSA) is 68.0 Å². The maximum Gasteiger partial charge on any atom is 0.323 e. The van der Waals surface area contributed by atoms with Crippen LogP contribution in [-0.2, 0) is 11.3 Å². The summed E-state index contributed by atoms with van der Waals surface area (Å²) >= 11 is 5.86. The van der Waals surface area contributed by atoms with Gasteiger partial charge in [-0.2, -0.15) is 0 Å². The predicted molar refractivity (Wildman–Crippen MR) is 75.6 cm³/mol. The Labute approximate surface area is 123 Å². The molecule has 0 aliphatic heterocycles. The number of hydrogen-bond donors (Lipinski definition) is 1. The second kappa shape index (κ2) is 5.14. The second-order valence-electron chi connectivity index (χ2n) is 4.39. The minimum Gasteiger partial charge on any atom is -0.480 e. The molecular weight excluding hydrogens is 297 g/mol. The third-order valence-corrected chi connectivity index (χ3v) is 3.17. The molecule has 0 saturated heterocycles. The summed E-state index contributed by atoms with van der Waals surface area (Å²) in [5, 5.41) is 9.42. The highest BCUT2D eigenvalue weighted by Gasteiger charge is 2.18. The van der Waals surface area contributed by atoms with Crippen LogP contribution in [0.15, 0.2) is 36.5 Å². The molecule has 0 atom stereocenters. The average molecular weight is 306 g/mol. The van der Waals surface area contributed by atoms with Gasteiger partial charge in [0.05, 0.1) is 10.6 Å². The summed E-state index contributed by atoms with van der Waals surface area (Å²) in [5.41, 5.74) is 0.981. The number of carbonyl (C=O) groups is 1. The number of nitrogens with zero attached hydrogens (tertiary/aromatic N) is 3. The van der Waals surface area contributed by atoms with Gasteiger partial charge in [0.1, 0.15) is 23.7 Å². The average Bonchev–Trinajstić information content (AvgIpc) is 2.76. The van der Waals surface area contributed by atoms with Crippen LogP contribution in [0.4, 0.5) is 4.39 Å². The molecule has 0 amide bonds. The molecule has 0 fully saturated rings. The van der Waals surface area contributed by atoms with Crippen molar-refractivity contribution in [2.24, 2.45) is 0 Å². The van der Waals surface area contributed by atoms with Gasteiger partial charge in [-0.3, -0.25) is 9.36 Å². The summed E-state index contributed by atoms with van der Waals surface area (Å²) in [6.45, 7) is -0.366. The Balaban J connectivity index is 2.30. The van der Waals surface area contributed by atoms with Gasteiger partial charge >= 0.3 is 5.97 Å². The van der Waals surface area contributed by atoms with Crippen LogP contribution in [0.2, 0.25) is 5.02 Å². The van der Waals surface area contributed by atoms with Crippen LogP contribution >= 0.6 is 11.6 Å². The molecule has 1 aromatic carbocycles. The van der Waals surface area contributed by atoms with Gasteiger partial charge in [-0.05, 0) is 18.2 Å². The molecule has 3 rings (SSSR count). The smallest absolute Gasteiger partial charge is 0.323 e. The minimum absolute atomic E-state index is 0.209. The molecule has 0 unspecified atom stereocenters. The molecule has 0 bridgehead atoms. The largest absolute Gasteiger partial charge is 0.480 e. The summed E-state index contributed by atoms with van der Waals surface area (Å²) in [6.07, 6.45) is 1.40. The third-order valence-electron chi connectivity index (χ3n) is 2.96. The Morgan fingerprint density at radius 3 is 2.86 bits per heavy atom. The molecule has 0 radical (unpaired) electrons. The van der Waals surface area contributed by atoms with E-state index in [9.17, 15) is 9.18 Å². The highest BCUT2D eigenvalue weighted by molar-refractivity contribution is 6.31. The molecule has 0 aliphatic carbocycles. The first kappa shape index (κ1) is 13.5. The van der Waals surface area contributed by atoms with Gasteiger partial charge in [-0.15, -0.1) is 0 Å². The number of pyridine rings is 1. The molecular formula is C14H9ClFN3O2. The van der Waals surface area contributed by atoms with Crippen molar-refractivity contribution in [2.45, 2.75) is 6.54 Å². The number of fused-ring (bicyclic) bond motifs is 1. The number of imidazole rings is 1. The van der Waals surface area contributed by atoms with Gasteiger partial charge in [0.15, 0.2) is 5.65 Å². The summed E-state index contributed by atoms with van der Waals surface area (Å²) in [4.78, 5) is 19.4. The lowest BCUT2D eigenvalue weighted by molar-refractivity contribution is -0.137. The molecule has 3 aromatic rings. The zero-order valence-corrected chi connectivity index (χ0v) is 11.4. The monoisotopic (exact) mass is 305 g/mol. The Morgan fingerprint density at radius 2 is 2.14 bits per heavy atom. The fourth-order valence-electron chi connectivity index (χ4n) is 2.12. The van der Waals surface area contributed by atoms with Crippen molar-refractivity contribution in [1.82, 2.24) is 14.5 Å². The minimum atomic E-state index is -1.07. The van der Waals surface area contributed by atoms with Gasteiger partial charge < -0.3 is 5.11 Å². The van der Waals surface area contributed by atoms with Crippen molar-refractivity contribution in [3.63, 3.8) is 0 Å². The molecule has 21 heavy (non-hydrogen) atoms. The number of aromatic nitrogens is 3. The van der Waals surface area contributed by atoms with Crippen LogP contribution in [0, 0.1) is 5.82 Å². The first-order chi connectivity index (χ1) is 10.1. The van der Waals surface area contributed by atoms with Gasteiger partial charge in [0.2, 0.25) is 0 Å². The molecule has 106 valence electrons. The molecule has 2 aromatic heterocycles. The van der Waals surface area contributed by atoms with Gasteiger partial charge in [0.25, 0.3) is 0 Å². The quantitative estimate of drug-likeness (QED) is 0.807. The highest BCUT2D eigenvalue weighted by Crippen LogP contribution is 2.27. The summed E-state index contributed by atoms with van der Waals surface area (Å²) in [6, 6.07) is 7.60. The van der Waals surface area contributed by atoms with E-state index in [2.05, 4.69) is 9.97 Å². The van der Waals surface area contributed by atoms with E-state index < -0.39 is 11.8 Å². The first-order valence-electron chi connectivity index (χ1n) is 6.05. The fraction of sp³-hybridized carbons (Fsp3) is 0.0714. The van der Waals surface area contributed by atoms with Gasteiger partial charge in [-0.25, -0.2) is 14.4 Å². The van der Waals surface area contributed by atoms with Crippen LogP contribution in [0.25, 0.3) is 22.6 Å². The Kier molecular flexibility index (Phi) is 3.31. The molecule has 7 heteroatoms.